The van der Waals surface area contributed by atoms with Crippen LogP contribution in [-0.2, 0) is 4.79 Å². The largest absolute Gasteiger partial charge is 0.497 e. The van der Waals surface area contributed by atoms with E-state index in [9.17, 15) is 4.79 Å². The van der Waals surface area contributed by atoms with Gasteiger partial charge in [0.25, 0.3) is 0 Å². The Balaban J connectivity index is 2.18. The molecule has 0 saturated heterocycles. The van der Waals surface area contributed by atoms with Gasteiger partial charge in [0.2, 0.25) is 0 Å². The van der Waals surface area contributed by atoms with Gasteiger partial charge in [0.15, 0.2) is 0 Å². The van der Waals surface area contributed by atoms with Crippen molar-refractivity contribution >= 4 is 5.97 Å². The summed E-state index contributed by atoms with van der Waals surface area (Å²) in [5, 5.41) is 0. The second-order valence-corrected chi connectivity index (χ2v) is 4.99. The summed E-state index contributed by atoms with van der Waals surface area (Å²) in [4.78, 5) is 11.8. The Morgan fingerprint density at radius 2 is 1.76 bits per heavy atom. The smallest absolute Gasteiger partial charge is 0.314 e. The molecule has 21 heavy (non-hydrogen) atoms. The van der Waals surface area contributed by atoms with Crippen molar-refractivity contribution in [1.29, 1.82) is 0 Å². The molecule has 0 saturated carbocycles. The highest BCUT2D eigenvalue weighted by molar-refractivity contribution is 5.75. The predicted octanol–water partition coefficient (Wildman–Crippen LogP) is 4.31. The highest BCUT2D eigenvalue weighted by atomic mass is 16.5. The Morgan fingerprint density at radius 1 is 1.05 bits per heavy atom. The number of esters is 1. The number of carbonyl (C=O) groups is 1. The molecule has 2 rings (SSSR count). The van der Waals surface area contributed by atoms with Crippen LogP contribution in [0, 0.1) is 5.92 Å². The summed E-state index contributed by atoms with van der Waals surface area (Å²) in [5.74, 6) is 1.12. The van der Waals surface area contributed by atoms with Crippen LogP contribution in [0.15, 0.2) is 48.5 Å². The Labute approximate surface area is 125 Å². The molecule has 0 radical (unpaired) electrons. The minimum Gasteiger partial charge on any atom is -0.497 e. The summed E-state index contributed by atoms with van der Waals surface area (Å²) < 4.78 is 10.6. The van der Waals surface area contributed by atoms with Gasteiger partial charge >= 0.3 is 5.97 Å². The van der Waals surface area contributed by atoms with E-state index in [1.54, 1.807) is 13.2 Å². The molecule has 0 aromatic heterocycles. The Morgan fingerprint density at radius 3 is 2.38 bits per heavy atom. The van der Waals surface area contributed by atoms with Crippen LogP contribution in [0.2, 0.25) is 0 Å². The fourth-order valence-corrected chi connectivity index (χ4v) is 1.91. The van der Waals surface area contributed by atoms with E-state index >= 15 is 0 Å². The van der Waals surface area contributed by atoms with E-state index in [-0.39, 0.29) is 11.9 Å². The lowest BCUT2D eigenvalue weighted by atomic mass is 10.1. The normalized spacial score (nSPS) is 11.8. The number of methoxy groups -OCH3 is 1. The van der Waals surface area contributed by atoms with Crippen LogP contribution in [0.4, 0.5) is 0 Å². The number of hydrogen-bond acceptors (Lipinski definition) is 3. The molecule has 2 aromatic carbocycles. The lowest BCUT2D eigenvalue weighted by Gasteiger charge is -2.10. The van der Waals surface area contributed by atoms with Gasteiger partial charge in [-0.3, -0.25) is 4.79 Å². The van der Waals surface area contributed by atoms with Crippen molar-refractivity contribution < 1.29 is 14.3 Å². The van der Waals surface area contributed by atoms with Gasteiger partial charge in [-0.2, -0.15) is 0 Å². The van der Waals surface area contributed by atoms with Gasteiger partial charge in [-0.1, -0.05) is 38.1 Å². The molecule has 1 atom stereocenters. The topological polar surface area (TPSA) is 35.5 Å². The van der Waals surface area contributed by atoms with E-state index in [0.717, 1.165) is 23.3 Å². The molecule has 3 nitrogen and oxygen atoms in total. The molecule has 0 spiro atoms. The van der Waals surface area contributed by atoms with E-state index in [0.29, 0.717) is 5.75 Å². The molecule has 0 unspecified atom stereocenters. The fraction of sp³-hybridized carbons (Fsp3) is 0.278. The van der Waals surface area contributed by atoms with Gasteiger partial charge in [-0.15, -0.1) is 0 Å². The number of benzene rings is 2. The molecule has 0 aliphatic carbocycles. The monoisotopic (exact) mass is 284 g/mol. The van der Waals surface area contributed by atoms with Gasteiger partial charge < -0.3 is 9.47 Å². The van der Waals surface area contributed by atoms with Crippen molar-refractivity contribution in [3.63, 3.8) is 0 Å². The number of ether oxygens (including phenoxy) is 2. The van der Waals surface area contributed by atoms with Gasteiger partial charge in [0.05, 0.1) is 13.0 Å². The van der Waals surface area contributed by atoms with Crippen molar-refractivity contribution in [3.8, 4) is 22.6 Å². The van der Waals surface area contributed by atoms with E-state index in [1.165, 1.54) is 0 Å². The molecule has 0 amide bonds. The van der Waals surface area contributed by atoms with Gasteiger partial charge in [-0.25, -0.2) is 0 Å². The lowest BCUT2D eigenvalue weighted by molar-refractivity contribution is -0.138. The van der Waals surface area contributed by atoms with E-state index in [4.69, 9.17) is 9.47 Å². The average Bonchev–Trinajstić information content (AvgIpc) is 2.54. The van der Waals surface area contributed by atoms with Crippen molar-refractivity contribution in [2.75, 3.05) is 7.11 Å². The quantitative estimate of drug-likeness (QED) is 0.606. The van der Waals surface area contributed by atoms with Crippen LogP contribution in [0.1, 0.15) is 20.3 Å². The van der Waals surface area contributed by atoms with Gasteiger partial charge in [0.1, 0.15) is 11.5 Å². The highest BCUT2D eigenvalue weighted by Gasteiger charge is 2.13. The Hall–Kier alpha value is -2.29. The first-order valence-corrected chi connectivity index (χ1v) is 7.10. The zero-order chi connectivity index (χ0) is 15.2. The van der Waals surface area contributed by atoms with Gasteiger partial charge in [0, 0.05) is 0 Å². The van der Waals surface area contributed by atoms with E-state index < -0.39 is 0 Å². The number of carbonyl (C=O) groups excluding carboxylic acids is 1. The molecule has 2 aromatic rings. The minimum absolute atomic E-state index is 0.0883. The zero-order valence-corrected chi connectivity index (χ0v) is 12.6. The molecule has 0 aliphatic rings. The summed E-state index contributed by atoms with van der Waals surface area (Å²) in [6, 6.07) is 15.3. The summed E-state index contributed by atoms with van der Waals surface area (Å²) >= 11 is 0. The maximum atomic E-state index is 11.8. The molecule has 3 heteroatoms. The third-order valence-electron chi connectivity index (χ3n) is 3.49. The van der Waals surface area contributed by atoms with Gasteiger partial charge in [-0.05, 0) is 41.8 Å². The molecule has 0 bridgehead atoms. The van der Waals surface area contributed by atoms with E-state index in [1.807, 2.05) is 56.3 Å². The first kappa shape index (κ1) is 15.1. The van der Waals surface area contributed by atoms with Crippen molar-refractivity contribution in [2.24, 2.45) is 5.92 Å². The van der Waals surface area contributed by atoms with Crippen LogP contribution < -0.4 is 9.47 Å². The summed E-state index contributed by atoms with van der Waals surface area (Å²) in [6.07, 6.45) is 0.775. The first-order chi connectivity index (χ1) is 10.1. The average molecular weight is 284 g/mol. The summed E-state index contributed by atoms with van der Waals surface area (Å²) in [7, 11) is 1.64. The molecule has 0 N–H and O–H groups in total. The maximum Gasteiger partial charge on any atom is 0.314 e. The van der Waals surface area contributed by atoms with Crippen LogP contribution >= 0.6 is 0 Å². The second-order valence-electron chi connectivity index (χ2n) is 4.99. The predicted molar refractivity (Wildman–Crippen MR) is 83.5 cm³/mol. The second kappa shape index (κ2) is 6.93. The van der Waals surface area contributed by atoms with E-state index in [2.05, 4.69) is 0 Å². The fourth-order valence-electron chi connectivity index (χ4n) is 1.91. The number of hydrogen-bond donors (Lipinski definition) is 0. The Bertz CT molecular complexity index is 602. The highest BCUT2D eigenvalue weighted by Crippen LogP contribution is 2.26. The third-order valence-corrected chi connectivity index (χ3v) is 3.49. The van der Waals surface area contributed by atoms with Crippen LogP contribution in [0.3, 0.4) is 0 Å². The van der Waals surface area contributed by atoms with Crippen LogP contribution in [0.5, 0.6) is 11.5 Å². The molecule has 110 valence electrons. The maximum absolute atomic E-state index is 11.8. The first-order valence-electron chi connectivity index (χ1n) is 7.10. The van der Waals surface area contributed by atoms with Crippen molar-refractivity contribution in [1.82, 2.24) is 0 Å². The molecular formula is C18H20O3. The standard InChI is InChI=1S/C18H20O3/c1-4-13(2)18(19)21-17-7-5-6-15(12-17)14-8-10-16(20-3)11-9-14/h5-13H,4H2,1-3H3/t13-/m0/s1. The molecule has 0 aliphatic heterocycles. The molecule has 0 heterocycles. The Kier molecular flexibility index (Phi) is 4.99. The zero-order valence-electron chi connectivity index (χ0n) is 12.6. The van der Waals surface area contributed by atoms with Crippen molar-refractivity contribution in [2.45, 2.75) is 20.3 Å². The number of rotatable bonds is 5. The minimum atomic E-state index is -0.190. The SMILES string of the molecule is CC[C@H](C)C(=O)Oc1cccc(-c2ccc(OC)cc2)c1. The van der Waals surface area contributed by atoms with Crippen LogP contribution in [-0.4, -0.2) is 13.1 Å². The van der Waals surface area contributed by atoms with Crippen molar-refractivity contribution in [3.05, 3.63) is 48.5 Å². The molecule has 0 fully saturated rings. The van der Waals surface area contributed by atoms with Crippen LogP contribution in [0.25, 0.3) is 11.1 Å². The summed E-state index contributed by atoms with van der Waals surface area (Å²) in [5.41, 5.74) is 2.06. The summed E-state index contributed by atoms with van der Waals surface area (Å²) in [6.45, 7) is 3.84. The third kappa shape index (κ3) is 3.85. The lowest BCUT2D eigenvalue weighted by Crippen LogP contribution is -2.16. The molecular weight excluding hydrogens is 264 g/mol.